The van der Waals surface area contributed by atoms with Gasteiger partial charge in [0.25, 0.3) is 0 Å². The maximum absolute atomic E-state index is 13.4. The highest BCUT2D eigenvalue weighted by molar-refractivity contribution is 5.88. The van der Waals surface area contributed by atoms with E-state index in [1.807, 2.05) is 13.8 Å². The highest BCUT2D eigenvalue weighted by Crippen LogP contribution is 2.74. The summed E-state index contributed by atoms with van der Waals surface area (Å²) in [6, 6.07) is 0. The molecule has 8 rings (SSSR count). The van der Waals surface area contributed by atoms with Crippen molar-refractivity contribution in [3.8, 4) is 0 Å². The Bertz CT molecular complexity index is 2970. The molecule has 15 atom stereocenters. The Kier molecular flexibility index (Phi) is 26.3. The molecule has 3 aliphatic heterocycles. The van der Waals surface area contributed by atoms with Crippen LogP contribution in [0.1, 0.15) is 197 Å². The third kappa shape index (κ3) is 19.8. The van der Waals surface area contributed by atoms with Gasteiger partial charge in [0.05, 0.1) is 72.6 Å². The van der Waals surface area contributed by atoms with Crippen LogP contribution >= 0.6 is 0 Å². The molecule has 102 heavy (non-hydrogen) atoms. The van der Waals surface area contributed by atoms with Crippen molar-refractivity contribution < 1.29 is 145 Å². The fraction of sp³-hybridized carbons (Fsp3) is 0.859. The third-order valence-electron chi connectivity index (χ3n) is 21.9. The molecule has 5 saturated carbocycles. The van der Waals surface area contributed by atoms with E-state index in [9.17, 15) is 97.4 Å². The van der Waals surface area contributed by atoms with Crippen LogP contribution in [0.15, 0.2) is 36.5 Å². The quantitative estimate of drug-likeness (QED) is 0.0233. The van der Waals surface area contributed by atoms with Crippen LogP contribution in [-0.4, -0.2) is 199 Å². The number of ether oxygens (including phenoxy) is 10. The topological polar surface area (TPSA) is 262 Å². The van der Waals surface area contributed by atoms with Gasteiger partial charge >= 0.3 is 48.6 Å². The number of fused-ring (bicyclic) bond motifs is 1. The van der Waals surface area contributed by atoms with E-state index in [-0.39, 0.29) is 61.3 Å². The van der Waals surface area contributed by atoms with Crippen LogP contribution in [-0.2, 0) is 66.5 Å². The van der Waals surface area contributed by atoms with Gasteiger partial charge < -0.3 is 72.9 Å². The van der Waals surface area contributed by atoms with Crippen molar-refractivity contribution in [3.05, 3.63) is 36.5 Å². The molecule has 0 amide bonds. The van der Waals surface area contributed by atoms with Gasteiger partial charge in [-0.2, -0.15) is 52.7 Å². The molecule has 5 aliphatic carbocycles. The van der Waals surface area contributed by atoms with Crippen molar-refractivity contribution in [1.29, 1.82) is 0 Å². The molecule has 0 spiro atoms. The summed E-state index contributed by atoms with van der Waals surface area (Å²) in [5, 5.41) is 49.6. The lowest BCUT2D eigenvalue weighted by Crippen LogP contribution is -2.71. The van der Waals surface area contributed by atoms with Gasteiger partial charge in [-0.05, 0) is 207 Å². The van der Waals surface area contributed by atoms with Crippen molar-refractivity contribution in [2.75, 3.05) is 33.0 Å². The molecule has 0 aromatic carbocycles. The molecule has 3 heterocycles. The second-order valence-electron chi connectivity index (χ2n) is 33.7. The zero-order chi connectivity index (χ0) is 78.3. The van der Waals surface area contributed by atoms with Crippen LogP contribution in [0, 0.1) is 40.4 Å². The lowest BCUT2D eigenvalue weighted by molar-refractivity contribution is -0.324. The first-order valence-corrected chi connectivity index (χ1v) is 33.5. The Morgan fingerprint density at radius 2 is 0.824 bits per heavy atom. The molecule has 8 fully saturated rings. The van der Waals surface area contributed by atoms with Crippen molar-refractivity contribution >= 4 is 23.9 Å². The van der Waals surface area contributed by atoms with Gasteiger partial charge in [-0.1, -0.05) is 27.2 Å². The summed E-state index contributed by atoms with van der Waals surface area (Å²) < 4.78 is 216. The predicted molar refractivity (Wildman–Crippen MR) is 345 cm³/mol. The summed E-state index contributed by atoms with van der Waals surface area (Å²) >= 11 is 0. The van der Waals surface area contributed by atoms with Crippen molar-refractivity contribution in [3.63, 3.8) is 0 Å². The summed E-state index contributed by atoms with van der Waals surface area (Å²) in [7, 11) is 0. The fourth-order valence-electron chi connectivity index (χ4n) is 15.0. The van der Waals surface area contributed by atoms with E-state index < -0.39 is 190 Å². The van der Waals surface area contributed by atoms with E-state index in [1.165, 1.54) is 27.7 Å². The maximum atomic E-state index is 13.4. The van der Waals surface area contributed by atoms with E-state index in [0.717, 1.165) is 0 Å². The average Bonchev–Trinajstić information content (AvgIpc) is 0.854. The number of carbonyl (C=O) groups is 4. The first kappa shape index (κ1) is 90.2. The molecule has 3 saturated heterocycles. The largest absolute Gasteiger partial charge is 0.459 e. The summed E-state index contributed by atoms with van der Waals surface area (Å²) in [5.74, 6) is -4.41. The van der Waals surface area contributed by atoms with Gasteiger partial charge in [-0.25, -0.2) is 14.4 Å². The van der Waals surface area contributed by atoms with Crippen LogP contribution in [0.25, 0.3) is 0 Å². The highest BCUT2D eigenvalue weighted by atomic mass is 19.4. The number of carbonyl (C=O) groups excluding carboxylic acids is 4. The Balaban J connectivity index is 0.000000328. The van der Waals surface area contributed by atoms with Crippen LogP contribution in [0.2, 0.25) is 0 Å². The number of rotatable bonds is 26. The van der Waals surface area contributed by atoms with Crippen LogP contribution < -0.4 is 0 Å². The van der Waals surface area contributed by atoms with Gasteiger partial charge in [0, 0.05) is 33.5 Å². The van der Waals surface area contributed by atoms with E-state index in [2.05, 4.69) is 19.7 Å². The number of esters is 4. The molecule has 592 valence electrons. The predicted octanol–water partition coefficient (Wildman–Crippen LogP) is 12.8. The molecule has 5 N–H and O–H groups in total. The van der Waals surface area contributed by atoms with E-state index in [4.69, 9.17) is 47.4 Å². The Morgan fingerprint density at radius 3 is 1.19 bits per heavy atom. The zero-order valence-electron chi connectivity index (χ0n) is 61.3. The number of hydrogen-bond acceptors (Lipinski definition) is 19. The Labute approximate surface area is 590 Å². The molecule has 15 unspecified atom stereocenters. The lowest BCUT2D eigenvalue weighted by atomic mass is 9.37. The van der Waals surface area contributed by atoms with Crippen LogP contribution in [0.4, 0.5) is 52.7 Å². The van der Waals surface area contributed by atoms with Gasteiger partial charge in [0.2, 0.25) is 0 Å². The normalized spacial score (nSPS) is 31.2. The third-order valence-corrected chi connectivity index (χ3v) is 21.9. The van der Waals surface area contributed by atoms with Gasteiger partial charge in [0.15, 0.2) is 34.6 Å². The molecule has 6 bridgehead atoms. The Morgan fingerprint density at radius 1 is 0.471 bits per heavy atom. The molecular weight excluding hydrogens is 1380 g/mol. The van der Waals surface area contributed by atoms with Crippen molar-refractivity contribution in [2.24, 2.45) is 40.4 Å². The summed E-state index contributed by atoms with van der Waals surface area (Å²) in [6.45, 7) is 33.8. The monoisotopic (exact) mass is 1490 g/mol. The molecule has 0 aromatic heterocycles. The lowest BCUT2D eigenvalue weighted by Gasteiger charge is -2.71. The highest BCUT2D eigenvalue weighted by Gasteiger charge is 2.75. The summed E-state index contributed by atoms with van der Waals surface area (Å²) in [5.41, 5.74) is -21.1. The number of halogens is 12. The first-order chi connectivity index (χ1) is 44.9. The van der Waals surface area contributed by atoms with Crippen molar-refractivity contribution in [1.82, 2.24) is 0 Å². The minimum absolute atomic E-state index is 0. The van der Waals surface area contributed by atoms with Gasteiger partial charge in [-0.15, -0.1) is 0 Å². The molecule has 19 nitrogen and oxygen atoms in total. The minimum atomic E-state index is -4.94. The molecule has 31 heteroatoms. The number of aliphatic hydroxyl groups is 5. The second kappa shape index (κ2) is 29.8. The Hall–Kier alpha value is -4.18. The first-order valence-electron chi connectivity index (χ1n) is 33.5. The molecule has 8 aliphatic rings. The average molecular weight is 1500 g/mol. The van der Waals surface area contributed by atoms with Crippen molar-refractivity contribution in [2.45, 2.75) is 314 Å². The van der Waals surface area contributed by atoms with Crippen LogP contribution in [0.5, 0.6) is 0 Å². The van der Waals surface area contributed by atoms with Gasteiger partial charge in [0.1, 0.15) is 23.9 Å². The number of alkyl halides is 12. The zero-order valence-corrected chi connectivity index (χ0v) is 61.3. The summed E-state index contributed by atoms with van der Waals surface area (Å²) in [4.78, 5) is 49.2. The smallest absolute Gasteiger partial charge is 0.419 e. The van der Waals surface area contributed by atoms with Crippen LogP contribution in [0.3, 0.4) is 0 Å². The molecule has 0 aromatic rings. The maximum Gasteiger partial charge on any atom is 0.419 e. The SMILES string of the molecule is C.C=C(C)C(=O)OC12CC3CC(C(C)(C)OCC(C)(O)C(F)(F)F)(C1)CC(C(C)(C)OCC(C)(O)C(F)(F)F)(C3)C2.C=C(C)C(=O)OC1C2OC(=O)C3C2OC1C3C(C)(C)OCC(C)(O)C(F)(F)F.C=C(C)C(=O)OC1CC(C(C)(C)OCC(C)(C)O)CC(C(C)(C)OCC(C)(O)C(F)(F)F)C1. The molecular formula is C71H110F12O19. The summed E-state index contributed by atoms with van der Waals surface area (Å²) in [6.07, 6.45) is -19.5. The fourth-order valence-corrected chi connectivity index (χ4v) is 15.0. The van der Waals surface area contributed by atoms with Gasteiger partial charge in [-0.3, -0.25) is 4.79 Å². The van der Waals surface area contributed by atoms with E-state index in [1.54, 1.807) is 62.3 Å². The standard InChI is InChI=1S/C28H42F6O6.C24H41F3O6.C18H23F3O7.CH4/c1-17(2)19(35)40-26-11-18-9-24(13-26,20(3,4)38-15-22(7,36)27(29,30)31)12-25(10-18,14-26)21(5,6)39-16-23(8,37)28(32,33)34;1-15(2)19(28)33-18-11-16(21(5,6)31-13-20(3,4)29)10-17(12-18)22(7,8)32-14-23(9,30)24(25,26)27;1-7(2)14(22)27-13-11-9(8-10(26-11)12(13)28-15(8)23)16(3,4)25-6-17(5,24)18(19,20)21;/h18,36-37H,1,9-16H2,2-8H3;16-18,29-30H,1,10-14H2,2-9H3;8-13,24H,1,6H2,2-5H3;1H4. The van der Waals surface area contributed by atoms with E-state index >= 15 is 0 Å². The van der Waals surface area contributed by atoms with E-state index in [0.29, 0.717) is 72.6 Å². The molecule has 0 radical (unpaired) electrons. The number of hydrogen-bond donors (Lipinski definition) is 5. The minimum Gasteiger partial charge on any atom is -0.459 e. The second-order valence-corrected chi connectivity index (χ2v) is 33.7.